The van der Waals surface area contributed by atoms with E-state index in [0.717, 1.165) is 11.9 Å². The molecule has 1 aromatic heterocycles. The molecule has 0 aliphatic carbocycles. The molecule has 2 aromatic rings. The Morgan fingerprint density at radius 3 is 2.95 bits per heavy atom. The maximum atomic E-state index is 12.9. The number of carbonyl (C=O) groups excluding carboxylic acids is 1. The van der Waals surface area contributed by atoms with Gasteiger partial charge in [0.1, 0.15) is 11.6 Å². The fourth-order valence-corrected chi connectivity index (χ4v) is 1.67. The van der Waals surface area contributed by atoms with Gasteiger partial charge in [0.05, 0.1) is 12.2 Å². The fraction of sp³-hybridized carbons (Fsp3) is 0.231. The van der Waals surface area contributed by atoms with Crippen molar-refractivity contribution in [1.29, 1.82) is 0 Å². The third-order valence-corrected chi connectivity index (χ3v) is 2.71. The molecule has 1 heterocycles. The minimum absolute atomic E-state index is 0.0713. The number of aryl methyl sites for hydroxylation is 1. The van der Waals surface area contributed by atoms with Crippen molar-refractivity contribution in [3.8, 4) is 0 Å². The molecule has 0 atom stereocenters. The van der Waals surface area contributed by atoms with Gasteiger partial charge >= 0.3 is 5.97 Å². The van der Waals surface area contributed by atoms with Crippen LogP contribution in [0.2, 0.25) is 0 Å². The first kappa shape index (κ1) is 13.1. The summed E-state index contributed by atoms with van der Waals surface area (Å²) in [5, 5.41) is 0. The Balaban J connectivity index is 1.93. The first-order valence-electron chi connectivity index (χ1n) is 5.76. The Labute approximate surface area is 109 Å². The topological polar surface area (TPSA) is 70.1 Å². The Bertz CT molecular complexity index is 595. The number of nitrogens with two attached hydrogens (primary N) is 1. The van der Waals surface area contributed by atoms with Crippen LogP contribution in [-0.4, -0.2) is 22.1 Å². The summed E-state index contributed by atoms with van der Waals surface area (Å²) >= 11 is 0. The van der Waals surface area contributed by atoms with Crippen LogP contribution >= 0.6 is 0 Å². The third-order valence-electron chi connectivity index (χ3n) is 2.71. The predicted octanol–water partition coefficient (Wildman–Crippen LogP) is 1.54. The lowest BCUT2D eigenvalue weighted by molar-refractivity contribution is 0.0508. The van der Waals surface area contributed by atoms with Gasteiger partial charge in [-0.05, 0) is 18.2 Å². The number of anilines is 1. The number of aromatic nitrogens is 2. The Morgan fingerprint density at radius 2 is 2.32 bits per heavy atom. The summed E-state index contributed by atoms with van der Waals surface area (Å²) in [6.07, 6.45) is 4.00. The molecule has 0 unspecified atom stereocenters. The maximum absolute atomic E-state index is 12.9. The van der Waals surface area contributed by atoms with Gasteiger partial charge in [0.2, 0.25) is 0 Å². The van der Waals surface area contributed by atoms with Gasteiger partial charge in [-0.1, -0.05) is 0 Å². The number of carbonyl (C=O) groups is 1. The lowest BCUT2D eigenvalue weighted by Crippen LogP contribution is -2.12. The molecule has 19 heavy (non-hydrogen) atoms. The number of imidazole rings is 1. The zero-order valence-electron chi connectivity index (χ0n) is 10.5. The van der Waals surface area contributed by atoms with Gasteiger partial charge in [0, 0.05) is 31.5 Å². The number of esters is 1. The van der Waals surface area contributed by atoms with E-state index in [2.05, 4.69) is 4.98 Å². The number of ether oxygens (including phenoxy) is 1. The van der Waals surface area contributed by atoms with Crippen molar-refractivity contribution >= 4 is 11.7 Å². The summed E-state index contributed by atoms with van der Waals surface area (Å²) in [4.78, 5) is 15.9. The predicted molar refractivity (Wildman–Crippen MR) is 68.0 cm³/mol. The zero-order chi connectivity index (χ0) is 13.8. The van der Waals surface area contributed by atoms with Gasteiger partial charge in [-0.25, -0.2) is 14.2 Å². The Hall–Kier alpha value is -2.37. The van der Waals surface area contributed by atoms with E-state index in [1.165, 1.54) is 12.1 Å². The van der Waals surface area contributed by atoms with Crippen LogP contribution in [0.25, 0.3) is 0 Å². The number of nitrogens with zero attached hydrogens (tertiary/aromatic N) is 2. The molecular weight excluding hydrogens is 249 g/mol. The molecule has 0 radical (unpaired) electrons. The standard InChI is InChI=1S/C13H14FN3O2/c1-17-6-5-16-12(17)4-7-19-13(18)10-3-2-9(14)8-11(10)15/h2-3,5-6,8H,4,7,15H2,1H3. The van der Waals surface area contributed by atoms with Gasteiger partial charge in [-0.15, -0.1) is 0 Å². The second-order valence-electron chi connectivity index (χ2n) is 4.07. The largest absolute Gasteiger partial charge is 0.462 e. The van der Waals surface area contributed by atoms with Gasteiger partial charge in [-0.2, -0.15) is 0 Å². The average molecular weight is 263 g/mol. The summed E-state index contributed by atoms with van der Waals surface area (Å²) in [5.41, 5.74) is 5.79. The minimum atomic E-state index is -0.563. The van der Waals surface area contributed by atoms with E-state index in [4.69, 9.17) is 10.5 Å². The van der Waals surface area contributed by atoms with E-state index < -0.39 is 11.8 Å². The second-order valence-corrected chi connectivity index (χ2v) is 4.07. The highest BCUT2D eigenvalue weighted by Gasteiger charge is 2.12. The highest BCUT2D eigenvalue weighted by atomic mass is 19.1. The van der Waals surface area contributed by atoms with Crippen molar-refractivity contribution in [3.05, 3.63) is 47.8 Å². The summed E-state index contributed by atoms with van der Waals surface area (Å²) in [5.74, 6) is -0.228. The van der Waals surface area contributed by atoms with Crippen molar-refractivity contribution in [2.75, 3.05) is 12.3 Å². The second kappa shape index (κ2) is 5.51. The molecule has 0 saturated carbocycles. The molecule has 6 heteroatoms. The molecule has 0 aliphatic heterocycles. The van der Waals surface area contributed by atoms with Gasteiger partial charge < -0.3 is 15.0 Å². The van der Waals surface area contributed by atoms with E-state index in [1.54, 1.807) is 6.20 Å². The molecule has 0 aliphatic rings. The van der Waals surface area contributed by atoms with E-state index in [-0.39, 0.29) is 17.9 Å². The van der Waals surface area contributed by atoms with Crippen LogP contribution < -0.4 is 5.73 Å². The van der Waals surface area contributed by atoms with Crippen LogP contribution in [0, 0.1) is 5.82 Å². The van der Waals surface area contributed by atoms with Crippen LogP contribution in [0.15, 0.2) is 30.6 Å². The van der Waals surface area contributed by atoms with Crippen molar-refractivity contribution in [3.63, 3.8) is 0 Å². The lowest BCUT2D eigenvalue weighted by Gasteiger charge is -2.07. The summed E-state index contributed by atoms with van der Waals surface area (Å²) in [6, 6.07) is 3.58. The molecule has 2 N–H and O–H groups in total. The number of hydrogen-bond donors (Lipinski definition) is 1. The summed E-state index contributed by atoms with van der Waals surface area (Å²) in [7, 11) is 1.86. The molecule has 1 aromatic carbocycles. The molecule has 2 rings (SSSR count). The number of hydrogen-bond acceptors (Lipinski definition) is 4. The number of halogens is 1. The van der Waals surface area contributed by atoms with Gasteiger partial charge in [0.15, 0.2) is 0 Å². The number of nitrogen functional groups attached to an aromatic ring is 1. The van der Waals surface area contributed by atoms with Crippen LogP contribution in [0.3, 0.4) is 0 Å². The van der Waals surface area contributed by atoms with E-state index in [9.17, 15) is 9.18 Å². The van der Waals surface area contributed by atoms with Crippen molar-refractivity contribution < 1.29 is 13.9 Å². The molecule has 0 amide bonds. The van der Waals surface area contributed by atoms with E-state index >= 15 is 0 Å². The smallest absolute Gasteiger partial charge is 0.340 e. The van der Waals surface area contributed by atoms with E-state index in [0.29, 0.717) is 6.42 Å². The monoisotopic (exact) mass is 263 g/mol. The molecule has 0 spiro atoms. The highest BCUT2D eigenvalue weighted by Crippen LogP contribution is 2.14. The molecule has 0 fully saturated rings. The Morgan fingerprint density at radius 1 is 1.53 bits per heavy atom. The first-order chi connectivity index (χ1) is 9.08. The third kappa shape index (κ3) is 3.09. The first-order valence-corrected chi connectivity index (χ1v) is 5.76. The van der Waals surface area contributed by atoms with Crippen LogP contribution in [0.5, 0.6) is 0 Å². The number of rotatable bonds is 4. The fourth-order valence-electron chi connectivity index (χ4n) is 1.67. The normalized spacial score (nSPS) is 10.4. The lowest BCUT2D eigenvalue weighted by atomic mass is 10.2. The van der Waals surface area contributed by atoms with Gasteiger partial charge in [-0.3, -0.25) is 0 Å². The quantitative estimate of drug-likeness (QED) is 0.671. The Kier molecular flexibility index (Phi) is 3.79. The van der Waals surface area contributed by atoms with Crippen molar-refractivity contribution in [2.45, 2.75) is 6.42 Å². The summed E-state index contributed by atoms with van der Waals surface area (Å²) in [6.45, 7) is 0.195. The zero-order valence-corrected chi connectivity index (χ0v) is 10.5. The maximum Gasteiger partial charge on any atom is 0.340 e. The van der Waals surface area contributed by atoms with Gasteiger partial charge in [0.25, 0.3) is 0 Å². The van der Waals surface area contributed by atoms with Crippen LogP contribution in [0.4, 0.5) is 10.1 Å². The van der Waals surface area contributed by atoms with Crippen LogP contribution in [0.1, 0.15) is 16.2 Å². The number of benzene rings is 1. The van der Waals surface area contributed by atoms with E-state index in [1.807, 2.05) is 17.8 Å². The van der Waals surface area contributed by atoms with Crippen molar-refractivity contribution in [1.82, 2.24) is 9.55 Å². The summed E-state index contributed by atoms with van der Waals surface area (Å²) < 4.78 is 19.8. The highest BCUT2D eigenvalue weighted by molar-refractivity contribution is 5.94. The SMILES string of the molecule is Cn1ccnc1CCOC(=O)c1ccc(F)cc1N. The molecular formula is C13H14FN3O2. The molecule has 100 valence electrons. The average Bonchev–Trinajstić information content (AvgIpc) is 2.75. The molecule has 0 saturated heterocycles. The van der Waals surface area contributed by atoms with Crippen molar-refractivity contribution in [2.24, 2.45) is 7.05 Å². The minimum Gasteiger partial charge on any atom is -0.462 e. The molecule has 5 nitrogen and oxygen atoms in total. The van der Waals surface area contributed by atoms with Crippen LogP contribution in [-0.2, 0) is 18.2 Å². The molecule has 0 bridgehead atoms.